The molecule has 1 aliphatic rings. The fraction of sp³-hybridized carbons (Fsp3) is 0.875. The number of aliphatic hydroxyl groups excluding tert-OH is 4. The lowest BCUT2D eigenvalue weighted by Gasteiger charge is -2.40. The Labute approximate surface area is 91.6 Å². The highest BCUT2D eigenvalue weighted by molar-refractivity contribution is 5.78. The molecule has 0 bridgehead atoms. The van der Waals surface area contributed by atoms with Crippen LogP contribution in [0.4, 0.5) is 0 Å². The quantitative estimate of drug-likeness (QED) is 0.292. The SMILES string of the molecule is NCC(=O)NC1[C@H](O)OC(CO)[C@H](O)[C@@H]1O. The van der Waals surface area contributed by atoms with Crippen LogP contribution in [0.25, 0.3) is 0 Å². The second-order valence-corrected chi connectivity index (χ2v) is 3.53. The van der Waals surface area contributed by atoms with E-state index in [4.69, 9.17) is 15.6 Å². The van der Waals surface area contributed by atoms with Crippen LogP contribution in [0.3, 0.4) is 0 Å². The fourth-order valence-corrected chi connectivity index (χ4v) is 1.50. The Morgan fingerprint density at radius 1 is 1.31 bits per heavy atom. The topological polar surface area (TPSA) is 145 Å². The molecule has 0 aromatic rings. The molecule has 7 N–H and O–H groups in total. The number of nitrogens with two attached hydrogens (primary N) is 1. The molecule has 0 spiro atoms. The molecular weight excluding hydrogens is 220 g/mol. The summed E-state index contributed by atoms with van der Waals surface area (Å²) < 4.78 is 4.82. The summed E-state index contributed by atoms with van der Waals surface area (Å²) >= 11 is 0. The van der Waals surface area contributed by atoms with Gasteiger partial charge in [-0.05, 0) is 0 Å². The molecule has 8 nitrogen and oxygen atoms in total. The molecule has 8 heteroatoms. The zero-order valence-electron chi connectivity index (χ0n) is 8.48. The number of carbonyl (C=O) groups excluding carboxylic acids is 1. The van der Waals surface area contributed by atoms with Crippen molar-refractivity contribution in [3.05, 3.63) is 0 Å². The lowest BCUT2D eigenvalue weighted by Crippen LogP contribution is -2.64. The zero-order chi connectivity index (χ0) is 12.3. The summed E-state index contributed by atoms with van der Waals surface area (Å²) in [6.45, 7) is -0.859. The molecule has 1 heterocycles. The lowest BCUT2D eigenvalue weighted by atomic mass is 9.97. The second-order valence-electron chi connectivity index (χ2n) is 3.53. The summed E-state index contributed by atoms with van der Waals surface area (Å²) in [5.41, 5.74) is 5.05. The van der Waals surface area contributed by atoms with Gasteiger partial charge in [0.05, 0.1) is 13.2 Å². The summed E-state index contributed by atoms with van der Waals surface area (Å²) in [6, 6.07) is -1.17. The van der Waals surface area contributed by atoms with Crippen molar-refractivity contribution in [1.29, 1.82) is 0 Å². The Bertz CT molecular complexity index is 251. The minimum absolute atomic E-state index is 0.310. The average molecular weight is 236 g/mol. The van der Waals surface area contributed by atoms with E-state index in [0.29, 0.717) is 0 Å². The van der Waals surface area contributed by atoms with Gasteiger partial charge in [0.2, 0.25) is 5.91 Å². The highest BCUT2D eigenvalue weighted by Crippen LogP contribution is 2.19. The molecule has 0 aromatic heterocycles. The molecule has 16 heavy (non-hydrogen) atoms. The third kappa shape index (κ3) is 2.67. The van der Waals surface area contributed by atoms with Gasteiger partial charge in [-0.1, -0.05) is 0 Å². The van der Waals surface area contributed by atoms with Gasteiger partial charge >= 0.3 is 0 Å². The van der Waals surface area contributed by atoms with Gasteiger partial charge < -0.3 is 36.2 Å². The van der Waals surface area contributed by atoms with Gasteiger partial charge in [0.1, 0.15) is 24.4 Å². The summed E-state index contributed by atoms with van der Waals surface area (Å²) in [6.07, 6.45) is -5.42. The molecule has 1 aliphatic heterocycles. The van der Waals surface area contributed by atoms with Crippen LogP contribution in [-0.4, -0.2) is 70.1 Å². The van der Waals surface area contributed by atoms with Crippen LogP contribution in [0.1, 0.15) is 0 Å². The van der Waals surface area contributed by atoms with Gasteiger partial charge in [0.25, 0.3) is 0 Å². The van der Waals surface area contributed by atoms with Crippen molar-refractivity contribution in [3.63, 3.8) is 0 Å². The Kier molecular flexibility index (Phi) is 4.59. The Hall–Kier alpha value is -0.770. The predicted octanol–water partition coefficient (Wildman–Crippen LogP) is -4.14. The minimum Gasteiger partial charge on any atom is -0.394 e. The van der Waals surface area contributed by atoms with Crippen molar-refractivity contribution in [2.75, 3.05) is 13.2 Å². The van der Waals surface area contributed by atoms with E-state index in [1.54, 1.807) is 0 Å². The van der Waals surface area contributed by atoms with Crippen LogP contribution in [-0.2, 0) is 9.53 Å². The molecule has 94 valence electrons. The maximum atomic E-state index is 11.0. The molecule has 0 radical (unpaired) electrons. The number of hydrogen-bond donors (Lipinski definition) is 6. The summed E-state index contributed by atoms with van der Waals surface area (Å²) in [7, 11) is 0. The second kappa shape index (κ2) is 5.53. The van der Waals surface area contributed by atoms with Crippen LogP contribution in [0.5, 0.6) is 0 Å². The van der Waals surface area contributed by atoms with Gasteiger partial charge in [0.15, 0.2) is 6.29 Å². The standard InChI is InChI=1S/C8H16N2O6/c9-1-4(12)10-5-7(14)6(13)3(2-11)16-8(5)15/h3,5-8,11,13-15H,1-2,9H2,(H,10,12)/t3?,5?,6-,7+,8+/m0/s1. The van der Waals surface area contributed by atoms with Crippen molar-refractivity contribution >= 4 is 5.91 Å². The molecule has 0 aliphatic carbocycles. The van der Waals surface area contributed by atoms with Crippen molar-refractivity contribution in [2.24, 2.45) is 5.73 Å². The van der Waals surface area contributed by atoms with Crippen LogP contribution in [0, 0.1) is 0 Å². The molecule has 0 aromatic carbocycles. The molecule has 1 rings (SSSR count). The first-order valence-electron chi connectivity index (χ1n) is 4.81. The number of nitrogens with one attached hydrogen (secondary N) is 1. The van der Waals surface area contributed by atoms with Gasteiger partial charge in [-0.2, -0.15) is 0 Å². The van der Waals surface area contributed by atoms with E-state index in [1.165, 1.54) is 0 Å². The van der Waals surface area contributed by atoms with E-state index in [0.717, 1.165) is 0 Å². The third-order valence-electron chi connectivity index (χ3n) is 2.41. The molecule has 2 unspecified atom stereocenters. The van der Waals surface area contributed by atoms with Crippen molar-refractivity contribution in [2.45, 2.75) is 30.6 Å². The van der Waals surface area contributed by atoms with Crippen molar-refractivity contribution in [3.8, 4) is 0 Å². The van der Waals surface area contributed by atoms with Gasteiger partial charge in [-0.3, -0.25) is 4.79 Å². The Morgan fingerprint density at radius 3 is 2.44 bits per heavy atom. The minimum atomic E-state index is -1.51. The van der Waals surface area contributed by atoms with Gasteiger partial charge in [-0.25, -0.2) is 0 Å². The highest BCUT2D eigenvalue weighted by Gasteiger charge is 2.44. The first-order chi connectivity index (χ1) is 7.51. The zero-order valence-corrected chi connectivity index (χ0v) is 8.48. The van der Waals surface area contributed by atoms with Crippen LogP contribution < -0.4 is 11.1 Å². The number of ether oxygens (including phenoxy) is 1. The van der Waals surface area contributed by atoms with E-state index in [-0.39, 0.29) is 6.54 Å². The largest absolute Gasteiger partial charge is 0.394 e. The molecule has 5 atom stereocenters. The summed E-state index contributed by atoms with van der Waals surface area (Å²) in [5.74, 6) is -0.596. The van der Waals surface area contributed by atoms with E-state index in [9.17, 15) is 20.1 Å². The Balaban J connectivity index is 2.67. The molecule has 0 saturated carbocycles. The highest BCUT2D eigenvalue weighted by atomic mass is 16.6. The first-order valence-corrected chi connectivity index (χ1v) is 4.81. The number of carbonyl (C=O) groups is 1. The number of rotatable bonds is 3. The van der Waals surface area contributed by atoms with Gasteiger partial charge in [0, 0.05) is 0 Å². The Morgan fingerprint density at radius 2 is 1.94 bits per heavy atom. The van der Waals surface area contributed by atoms with E-state index in [2.05, 4.69) is 5.32 Å². The normalized spacial score (nSPS) is 39.4. The molecular formula is C8H16N2O6. The molecule has 1 amide bonds. The number of aliphatic hydroxyl groups is 4. The van der Waals surface area contributed by atoms with Crippen molar-refractivity contribution < 1.29 is 30.0 Å². The molecule has 1 fully saturated rings. The first kappa shape index (κ1) is 13.3. The summed E-state index contributed by atoms with van der Waals surface area (Å²) in [5, 5.41) is 39.5. The van der Waals surface area contributed by atoms with Crippen LogP contribution in [0.2, 0.25) is 0 Å². The number of hydrogen-bond acceptors (Lipinski definition) is 7. The fourth-order valence-electron chi connectivity index (χ4n) is 1.50. The smallest absolute Gasteiger partial charge is 0.234 e. The average Bonchev–Trinajstić information content (AvgIpc) is 2.28. The molecule has 1 saturated heterocycles. The van der Waals surface area contributed by atoms with E-state index >= 15 is 0 Å². The van der Waals surface area contributed by atoms with Crippen molar-refractivity contribution in [1.82, 2.24) is 5.32 Å². The number of amides is 1. The van der Waals surface area contributed by atoms with Gasteiger partial charge in [-0.15, -0.1) is 0 Å². The van der Waals surface area contributed by atoms with E-state index in [1.807, 2.05) is 0 Å². The van der Waals surface area contributed by atoms with Crippen LogP contribution in [0.15, 0.2) is 0 Å². The summed E-state index contributed by atoms with van der Waals surface area (Å²) in [4.78, 5) is 11.0. The maximum Gasteiger partial charge on any atom is 0.234 e. The predicted molar refractivity (Wildman–Crippen MR) is 51.0 cm³/mol. The maximum absolute atomic E-state index is 11.0. The van der Waals surface area contributed by atoms with E-state index < -0.39 is 43.2 Å². The monoisotopic (exact) mass is 236 g/mol. The van der Waals surface area contributed by atoms with Crippen LogP contribution >= 0.6 is 0 Å². The third-order valence-corrected chi connectivity index (χ3v) is 2.41. The lowest BCUT2D eigenvalue weighted by molar-refractivity contribution is -0.253.